The van der Waals surface area contributed by atoms with Gasteiger partial charge in [-0.25, -0.2) is 4.98 Å². The fraction of sp³-hybridized carbons (Fsp3) is 0.750. The normalized spacial score (nSPS) is 21.5. The molecule has 0 aromatic carbocycles. The van der Waals surface area contributed by atoms with E-state index in [1.54, 1.807) is 7.11 Å². The molecule has 1 unspecified atom stereocenters. The van der Waals surface area contributed by atoms with E-state index in [2.05, 4.69) is 9.55 Å². The van der Waals surface area contributed by atoms with Crippen molar-refractivity contribution in [3.63, 3.8) is 0 Å². The van der Waals surface area contributed by atoms with Gasteiger partial charge in [0, 0.05) is 38.9 Å². The van der Waals surface area contributed by atoms with Gasteiger partial charge in [-0.15, -0.1) is 0 Å². The van der Waals surface area contributed by atoms with Gasteiger partial charge in [0.1, 0.15) is 0 Å². The molecule has 1 amide bonds. The molecule has 2 heterocycles. The lowest BCUT2D eigenvalue weighted by atomic mass is 10.1. The third-order valence-electron chi connectivity index (χ3n) is 4.36. The van der Waals surface area contributed by atoms with E-state index in [4.69, 9.17) is 9.47 Å². The van der Waals surface area contributed by atoms with Crippen LogP contribution in [0.15, 0.2) is 12.5 Å². The summed E-state index contributed by atoms with van der Waals surface area (Å²) in [6.07, 6.45) is 6.74. The lowest BCUT2D eigenvalue weighted by molar-refractivity contribution is -0.133. The second kappa shape index (κ2) is 7.24. The maximum absolute atomic E-state index is 12.4. The number of carbonyl (C=O) groups excluding carboxylic acids is 1. The van der Waals surface area contributed by atoms with Gasteiger partial charge in [-0.3, -0.25) is 4.79 Å². The molecule has 1 aromatic rings. The van der Waals surface area contributed by atoms with Gasteiger partial charge < -0.3 is 18.9 Å². The van der Waals surface area contributed by atoms with Crippen molar-refractivity contribution in [2.24, 2.45) is 11.8 Å². The summed E-state index contributed by atoms with van der Waals surface area (Å²) in [5, 5.41) is 0. The van der Waals surface area contributed by atoms with Crippen LogP contribution >= 0.6 is 0 Å². The van der Waals surface area contributed by atoms with E-state index < -0.39 is 0 Å². The summed E-state index contributed by atoms with van der Waals surface area (Å²) in [6.45, 7) is 4.29. The van der Waals surface area contributed by atoms with E-state index in [9.17, 15) is 4.79 Å². The summed E-state index contributed by atoms with van der Waals surface area (Å²) in [5.74, 6) is 1.23. The number of carbonyl (C=O) groups is 1. The minimum absolute atomic E-state index is 0.142. The predicted octanol–water partition coefficient (Wildman–Crippen LogP) is 1.30. The number of rotatable bonds is 7. The first-order valence-corrected chi connectivity index (χ1v) is 8.09. The van der Waals surface area contributed by atoms with Crippen molar-refractivity contribution < 1.29 is 14.3 Å². The zero-order valence-electron chi connectivity index (χ0n) is 13.2. The minimum Gasteiger partial charge on any atom is -0.384 e. The SMILES string of the molecule is COCCC(=O)N1Cc2cncn2CC(COCC2CC2)C1. The van der Waals surface area contributed by atoms with E-state index in [-0.39, 0.29) is 5.91 Å². The Balaban J connectivity index is 1.61. The maximum atomic E-state index is 12.4. The summed E-state index contributed by atoms with van der Waals surface area (Å²) in [5.41, 5.74) is 1.09. The van der Waals surface area contributed by atoms with Crippen molar-refractivity contribution in [3.8, 4) is 0 Å². The Morgan fingerprint density at radius 1 is 1.32 bits per heavy atom. The molecule has 1 aromatic heterocycles. The molecule has 22 heavy (non-hydrogen) atoms. The van der Waals surface area contributed by atoms with Gasteiger partial charge in [0.15, 0.2) is 0 Å². The van der Waals surface area contributed by atoms with Gasteiger partial charge in [-0.2, -0.15) is 0 Å². The average molecular weight is 307 g/mol. The molecule has 1 aliphatic heterocycles. The number of imidazole rings is 1. The molecule has 0 spiro atoms. The first-order valence-electron chi connectivity index (χ1n) is 8.09. The second-order valence-corrected chi connectivity index (χ2v) is 6.40. The summed E-state index contributed by atoms with van der Waals surface area (Å²) < 4.78 is 13.0. The fourth-order valence-electron chi connectivity index (χ4n) is 2.88. The third-order valence-corrected chi connectivity index (χ3v) is 4.36. The standard InChI is InChI=1S/C16H25N3O3/c1-21-5-4-16(20)18-7-14(11-22-10-13-2-3-13)8-19-12-17-6-15(19)9-18/h6,12-14H,2-5,7-11H2,1H3. The molecule has 6 heteroatoms. The molecular formula is C16H25N3O3. The molecule has 6 nitrogen and oxygen atoms in total. The van der Waals surface area contributed by atoms with Crippen LogP contribution in [0.4, 0.5) is 0 Å². The number of nitrogens with zero attached hydrogens (tertiary/aromatic N) is 3. The van der Waals surface area contributed by atoms with Crippen LogP contribution in [0.25, 0.3) is 0 Å². The molecule has 1 fully saturated rings. The topological polar surface area (TPSA) is 56.6 Å². The Labute approximate surface area is 131 Å². The van der Waals surface area contributed by atoms with Gasteiger partial charge in [-0.1, -0.05) is 0 Å². The summed E-state index contributed by atoms with van der Waals surface area (Å²) in [6, 6.07) is 0. The predicted molar refractivity (Wildman–Crippen MR) is 81.2 cm³/mol. The van der Waals surface area contributed by atoms with E-state index in [0.717, 1.165) is 31.3 Å². The number of fused-ring (bicyclic) bond motifs is 1. The van der Waals surface area contributed by atoms with Crippen molar-refractivity contribution in [1.29, 1.82) is 0 Å². The highest BCUT2D eigenvalue weighted by Crippen LogP contribution is 2.29. The summed E-state index contributed by atoms with van der Waals surface area (Å²) >= 11 is 0. The van der Waals surface area contributed by atoms with Crippen LogP contribution in [0.5, 0.6) is 0 Å². The number of hydrogen-bond donors (Lipinski definition) is 0. The van der Waals surface area contributed by atoms with Crippen LogP contribution in [0.2, 0.25) is 0 Å². The molecule has 3 rings (SSSR count). The highest BCUT2D eigenvalue weighted by atomic mass is 16.5. The molecule has 1 aliphatic carbocycles. The summed E-state index contributed by atoms with van der Waals surface area (Å²) in [7, 11) is 1.62. The molecule has 1 atom stereocenters. The Hall–Kier alpha value is -1.40. The highest BCUT2D eigenvalue weighted by molar-refractivity contribution is 5.76. The highest BCUT2D eigenvalue weighted by Gasteiger charge is 2.26. The molecule has 0 N–H and O–H groups in total. The number of methoxy groups -OCH3 is 1. The Bertz CT molecular complexity index is 499. The molecule has 0 saturated heterocycles. The van der Waals surface area contributed by atoms with Gasteiger partial charge in [0.25, 0.3) is 0 Å². The third kappa shape index (κ3) is 4.08. The van der Waals surface area contributed by atoms with E-state index in [0.29, 0.717) is 32.1 Å². The molecule has 122 valence electrons. The quantitative estimate of drug-likeness (QED) is 0.762. The monoisotopic (exact) mass is 307 g/mol. The van der Waals surface area contributed by atoms with Gasteiger partial charge in [0.2, 0.25) is 5.91 Å². The summed E-state index contributed by atoms with van der Waals surface area (Å²) in [4.78, 5) is 18.5. The average Bonchev–Trinajstić information content (AvgIpc) is 3.27. The molecule has 2 aliphatic rings. The first kappa shape index (κ1) is 15.5. The van der Waals surface area contributed by atoms with E-state index >= 15 is 0 Å². The minimum atomic E-state index is 0.142. The van der Waals surface area contributed by atoms with Gasteiger partial charge in [0.05, 0.1) is 38.2 Å². The lowest BCUT2D eigenvalue weighted by Crippen LogP contribution is -2.35. The van der Waals surface area contributed by atoms with Crippen LogP contribution < -0.4 is 0 Å². The zero-order valence-corrected chi connectivity index (χ0v) is 13.2. The Morgan fingerprint density at radius 3 is 2.91 bits per heavy atom. The van der Waals surface area contributed by atoms with Crippen molar-refractivity contribution in [2.75, 3.05) is 33.5 Å². The smallest absolute Gasteiger partial charge is 0.225 e. The molecule has 0 bridgehead atoms. The van der Waals surface area contributed by atoms with Crippen LogP contribution in [0, 0.1) is 11.8 Å². The van der Waals surface area contributed by atoms with Crippen molar-refractivity contribution in [1.82, 2.24) is 14.5 Å². The number of amides is 1. The molecule has 1 saturated carbocycles. The van der Waals surface area contributed by atoms with Gasteiger partial charge in [-0.05, 0) is 18.8 Å². The van der Waals surface area contributed by atoms with Crippen LogP contribution in [-0.2, 0) is 27.4 Å². The largest absolute Gasteiger partial charge is 0.384 e. The van der Waals surface area contributed by atoms with Crippen molar-refractivity contribution in [2.45, 2.75) is 32.4 Å². The van der Waals surface area contributed by atoms with Crippen LogP contribution in [0.3, 0.4) is 0 Å². The number of aromatic nitrogens is 2. The zero-order chi connectivity index (χ0) is 15.4. The maximum Gasteiger partial charge on any atom is 0.225 e. The van der Waals surface area contributed by atoms with Crippen molar-refractivity contribution in [3.05, 3.63) is 18.2 Å². The first-order chi connectivity index (χ1) is 10.8. The lowest BCUT2D eigenvalue weighted by Gasteiger charge is -2.24. The second-order valence-electron chi connectivity index (χ2n) is 6.40. The Kier molecular flexibility index (Phi) is 5.10. The van der Waals surface area contributed by atoms with Crippen molar-refractivity contribution >= 4 is 5.91 Å². The number of hydrogen-bond acceptors (Lipinski definition) is 4. The Morgan fingerprint density at radius 2 is 2.14 bits per heavy atom. The van der Waals surface area contributed by atoms with E-state index in [1.165, 1.54) is 12.8 Å². The molecule has 0 radical (unpaired) electrons. The van der Waals surface area contributed by atoms with Crippen LogP contribution in [0.1, 0.15) is 25.0 Å². The van der Waals surface area contributed by atoms with E-state index in [1.807, 2.05) is 17.4 Å². The molecular weight excluding hydrogens is 282 g/mol. The van der Waals surface area contributed by atoms with Crippen LogP contribution in [-0.4, -0.2) is 53.8 Å². The number of ether oxygens (including phenoxy) is 2. The van der Waals surface area contributed by atoms with Gasteiger partial charge >= 0.3 is 0 Å². The fourth-order valence-corrected chi connectivity index (χ4v) is 2.88.